The predicted octanol–water partition coefficient (Wildman–Crippen LogP) is 3.23. The third-order valence-electron chi connectivity index (χ3n) is 5.83. The fraction of sp³-hybridized carbons (Fsp3) is 0.667. The van der Waals surface area contributed by atoms with Gasteiger partial charge < -0.3 is 10.6 Å². The average molecular weight is 552 g/mol. The Hall–Kier alpha value is -0.940. The molecule has 0 radical (unpaired) electrons. The Balaban J connectivity index is 0.00000320. The van der Waals surface area contributed by atoms with E-state index in [1.807, 2.05) is 26.0 Å². The van der Waals surface area contributed by atoms with Gasteiger partial charge in [0.1, 0.15) is 5.82 Å². The number of aliphatic imine (C=N–C) groups is 1. The van der Waals surface area contributed by atoms with Gasteiger partial charge in [0.25, 0.3) is 0 Å². The monoisotopic (exact) mass is 552 g/mol. The fourth-order valence-corrected chi connectivity index (χ4v) is 5.51. The highest BCUT2D eigenvalue weighted by Crippen LogP contribution is 2.49. The van der Waals surface area contributed by atoms with Gasteiger partial charge in [-0.3, -0.25) is 4.99 Å². The second-order valence-electron chi connectivity index (χ2n) is 8.09. The lowest BCUT2D eigenvalue weighted by molar-refractivity contribution is 0.306. The van der Waals surface area contributed by atoms with Crippen LogP contribution in [0.5, 0.6) is 0 Å². The molecular weight excluding hydrogens is 518 g/mol. The van der Waals surface area contributed by atoms with Gasteiger partial charge in [0, 0.05) is 31.1 Å². The van der Waals surface area contributed by atoms with Gasteiger partial charge in [-0.25, -0.2) is 17.1 Å². The molecular formula is C21H34FIN4O2S. The van der Waals surface area contributed by atoms with Crippen molar-refractivity contribution in [2.45, 2.75) is 57.4 Å². The van der Waals surface area contributed by atoms with Crippen LogP contribution in [0.2, 0.25) is 0 Å². The van der Waals surface area contributed by atoms with E-state index in [0.29, 0.717) is 26.1 Å². The van der Waals surface area contributed by atoms with Crippen LogP contribution < -0.4 is 10.6 Å². The fourth-order valence-electron chi connectivity index (χ4n) is 3.96. The molecule has 9 heteroatoms. The van der Waals surface area contributed by atoms with Crippen molar-refractivity contribution in [1.82, 2.24) is 14.9 Å². The third-order valence-corrected chi connectivity index (χ3v) is 7.91. The number of halogens is 2. The van der Waals surface area contributed by atoms with Gasteiger partial charge in [0.05, 0.1) is 12.3 Å². The molecule has 6 nitrogen and oxygen atoms in total. The largest absolute Gasteiger partial charge is 0.357 e. The summed E-state index contributed by atoms with van der Waals surface area (Å²) in [6, 6.07) is 7.17. The van der Waals surface area contributed by atoms with Crippen molar-refractivity contribution in [3.63, 3.8) is 0 Å². The first-order valence-corrected chi connectivity index (χ1v) is 12.3. The number of guanidine groups is 1. The van der Waals surface area contributed by atoms with Crippen LogP contribution in [0, 0.1) is 5.82 Å². The maximum absolute atomic E-state index is 14.2. The molecule has 1 aliphatic carbocycles. The van der Waals surface area contributed by atoms with Gasteiger partial charge in [0.2, 0.25) is 10.0 Å². The molecule has 1 saturated carbocycles. The van der Waals surface area contributed by atoms with E-state index in [2.05, 4.69) is 10.6 Å². The molecule has 1 heterocycles. The van der Waals surface area contributed by atoms with Crippen molar-refractivity contribution < 1.29 is 12.8 Å². The highest BCUT2D eigenvalue weighted by atomic mass is 127. The number of benzene rings is 1. The number of nitrogens with zero attached hydrogens (tertiary/aromatic N) is 2. The van der Waals surface area contributed by atoms with Crippen LogP contribution in [0.4, 0.5) is 4.39 Å². The molecule has 1 aliphatic heterocycles. The van der Waals surface area contributed by atoms with Crippen LogP contribution in [-0.4, -0.2) is 56.7 Å². The van der Waals surface area contributed by atoms with Gasteiger partial charge in [0.15, 0.2) is 5.96 Å². The number of sulfonamides is 1. The van der Waals surface area contributed by atoms with Crippen LogP contribution in [0.15, 0.2) is 29.3 Å². The van der Waals surface area contributed by atoms with Crippen LogP contribution in [0.25, 0.3) is 0 Å². The maximum Gasteiger partial charge on any atom is 0.214 e. The number of piperidine rings is 1. The zero-order valence-corrected chi connectivity index (χ0v) is 21.0. The van der Waals surface area contributed by atoms with Crippen LogP contribution in [0.1, 0.15) is 51.5 Å². The Labute approximate surface area is 197 Å². The van der Waals surface area contributed by atoms with E-state index in [9.17, 15) is 12.8 Å². The topological polar surface area (TPSA) is 73.8 Å². The summed E-state index contributed by atoms with van der Waals surface area (Å²) in [5.41, 5.74) is 0.569. The van der Waals surface area contributed by atoms with Crippen molar-refractivity contribution >= 4 is 40.0 Å². The van der Waals surface area contributed by atoms with Crippen molar-refractivity contribution in [1.29, 1.82) is 0 Å². The molecule has 170 valence electrons. The highest BCUT2D eigenvalue weighted by Gasteiger charge is 2.45. The molecule has 0 spiro atoms. The first-order chi connectivity index (χ1) is 13.9. The van der Waals surface area contributed by atoms with E-state index >= 15 is 0 Å². The minimum atomic E-state index is -3.13. The molecule has 1 aromatic rings. The van der Waals surface area contributed by atoms with E-state index in [0.717, 1.165) is 43.8 Å². The number of hydrogen-bond donors (Lipinski definition) is 2. The van der Waals surface area contributed by atoms with E-state index in [1.54, 1.807) is 10.4 Å². The number of hydrogen-bond acceptors (Lipinski definition) is 3. The Morgan fingerprint density at radius 3 is 2.47 bits per heavy atom. The molecule has 3 rings (SSSR count). The lowest BCUT2D eigenvalue weighted by Gasteiger charge is -2.32. The average Bonchev–Trinajstić information content (AvgIpc) is 3.48. The molecule has 0 bridgehead atoms. The summed E-state index contributed by atoms with van der Waals surface area (Å²) in [7, 11) is -3.13. The zero-order valence-electron chi connectivity index (χ0n) is 17.9. The summed E-state index contributed by atoms with van der Waals surface area (Å²) in [6.45, 7) is 6.27. The SMILES string of the molecule is CCCS(=O)(=O)N1CCC(NC(=NCC2(c3ccccc3F)CC2)NCC)CC1.I. The second-order valence-corrected chi connectivity index (χ2v) is 10.2. The second kappa shape index (κ2) is 11.1. The minimum absolute atomic E-state index is 0. The summed E-state index contributed by atoms with van der Waals surface area (Å²) in [4.78, 5) is 4.75. The van der Waals surface area contributed by atoms with Gasteiger partial charge in [-0.05, 0) is 50.7 Å². The van der Waals surface area contributed by atoms with Gasteiger partial charge >= 0.3 is 0 Å². The molecule has 0 atom stereocenters. The molecule has 30 heavy (non-hydrogen) atoms. The Kier molecular flexibility index (Phi) is 9.35. The molecule has 2 N–H and O–H groups in total. The standard InChI is InChI=1S/C21H33FN4O2S.HI/c1-3-15-29(27,28)26-13-9-17(10-14-26)25-20(23-4-2)24-16-21(11-12-21)18-7-5-6-8-19(18)22;/h5-8,17H,3-4,9-16H2,1-2H3,(H2,23,24,25);1H. The summed E-state index contributed by atoms with van der Waals surface area (Å²) < 4.78 is 40.3. The smallest absolute Gasteiger partial charge is 0.214 e. The lowest BCUT2D eigenvalue weighted by atomic mass is 9.95. The van der Waals surface area contributed by atoms with E-state index < -0.39 is 10.0 Å². The lowest BCUT2D eigenvalue weighted by Crippen LogP contribution is -2.50. The quantitative estimate of drug-likeness (QED) is 0.295. The maximum atomic E-state index is 14.2. The number of rotatable bonds is 8. The summed E-state index contributed by atoms with van der Waals surface area (Å²) >= 11 is 0. The first-order valence-electron chi connectivity index (χ1n) is 10.7. The Bertz CT molecular complexity index is 822. The van der Waals surface area contributed by atoms with E-state index in [4.69, 9.17) is 4.99 Å². The molecule has 1 saturated heterocycles. The molecule has 1 aromatic carbocycles. The molecule has 0 unspecified atom stereocenters. The normalized spacial score (nSPS) is 19.8. The van der Waals surface area contributed by atoms with Gasteiger partial charge in [-0.1, -0.05) is 25.1 Å². The van der Waals surface area contributed by atoms with Crippen molar-refractivity contribution in [3.05, 3.63) is 35.6 Å². The van der Waals surface area contributed by atoms with Crippen molar-refractivity contribution in [2.24, 2.45) is 4.99 Å². The van der Waals surface area contributed by atoms with Gasteiger partial charge in [-0.15, -0.1) is 24.0 Å². The molecule has 0 aromatic heterocycles. The summed E-state index contributed by atoms with van der Waals surface area (Å²) in [5.74, 6) is 0.789. The molecule has 2 fully saturated rings. The van der Waals surface area contributed by atoms with Crippen LogP contribution in [0.3, 0.4) is 0 Å². The third kappa shape index (κ3) is 6.29. The summed E-state index contributed by atoms with van der Waals surface area (Å²) in [6.07, 6.45) is 4.05. The highest BCUT2D eigenvalue weighted by molar-refractivity contribution is 14.0. The minimum Gasteiger partial charge on any atom is -0.357 e. The summed E-state index contributed by atoms with van der Waals surface area (Å²) in [5, 5.41) is 6.72. The number of nitrogens with one attached hydrogen (secondary N) is 2. The van der Waals surface area contributed by atoms with Crippen molar-refractivity contribution in [3.8, 4) is 0 Å². The van der Waals surface area contributed by atoms with Gasteiger partial charge in [-0.2, -0.15) is 0 Å². The zero-order chi connectivity index (χ0) is 20.9. The van der Waals surface area contributed by atoms with Crippen molar-refractivity contribution in [2.75, 3.05) is 31.9 Å². The van der Waals surface area contributed by atoms with Crippen LogP contribution in [-0.2, 0) is 15.4 Å². The van der Waals surface area contributed by atoms with Crippen LogP contribution >= 0.6 is 24.0 Å². The van der Waals surface area contributed by atoms with E-state index in [1.165, 1.54) is 6.07 Å². The Morgan fingerprint density at radius 1 is 1.23 bits per heavy atom. The first kappa shape index (κ1) is 25.3. The molecule has 2 aliphatic rings. The Morgan fingerprint density at radius 2 is 1.90 bits per heavy atom. The predicted molar refractivity (Wildman–Crippen MR) is 131 cm³/mol. The van der Waals surface area contributed by atoms with E-state index in [-0.39, 0.29) is 47.0 Å². The molecule has 0 amide bonds.